The largest absolute Gasteiger partial charge is 0.371 e. The van der Waals surface area contributed by atoms with E-state index in [0.717, 1.165) is 39.1 Å². The molecule has 2 unspecified atom stereocenters. The van der Waals surface area contributed by atoms with Gasteiger partial charge in [0.2, 0.25) is 0 Å². The number of hydrogen-bond donors (Lipinski definition) is 0. The maximum absolute atomic E-state index is 6.22. The Morgan fingerprint density at radius 1 is 1.48 bits per heavy atom. The van der Waals surface area contributed by atoms with Gasteiger partial charge in [-0.15, -0.1) is 11.3 Å². The van der Waals surface area contributed by atoms with Gasteiger partial charge in [0.1, 0.15) is 0 Å². The second-order valence-electron chi connectivity index (χ2n) is 6.33. The van der Waals surface area contributed by atoms with E-state index in [2.05, 4.69) is 33.5 Å². The molecule has 0 N–H and O–H groups in total. The van der Waals surface area contributed by atoms with E-state index >= 15 is 0 Å². The molecule has 21 heavy (non-hydrogen) atoms. The van der Waals surface area contributed by atoms with Crippen LogP contribution in [-0.4, -0.2) is 39.7 Å². The van der Waals surface area contributed by atoms with Crippen LogP contribution >= 0.6 is 11.3 Å². The number of nitrogens with zero attached hydrogens (tertiary/aromatic N) is 3. The van der Waals surface area contributed by atoms with E-state index in [1.165, 1.54) is 9.75 Å². The van der Waals surface area contributed by atoms with Crippen LogP contribution in [-0.2, 0) is 11.3 Å². The van der Waals surface area contributed by atoms with Gasteiger partial charge >= 0.3 is 0 Å². The molecule has 2 atom stereocenters. The summed E-state index contributed by atoms with van der Waals surface area (Å²) in [5, 5.41) is 0. The summed E-state index contributed by atoms with van der Waals surface area (Å²) in [6.45, 7) is 6.28. The van der Waals surface area contributed by atoms with Crippen molar-refractivity contribution < 1.29 is 4.74 Å². The highest BCUT2D eigenvalue weighted by Gasteiger charge is 2.45. The predicted octanol–water partition coefficient (Wildman–Crippen LogP) is 2.86. The summed E-state index contributed by atoms with van der Waals surface area (Å²) in [6, 6.07) is 4.93. The van der Waals surface area contributed by atoms with Gasteiger partial charge in [0, 0.05) is 48.2 Å². The fourth-order valence-electron chi connectivity index (χ4n) is 3.63. The van der Waals surface area contributed by atoms with Crippen LogP contribution in [0, 0.1) is 6.92 Å². The fraction of sp³-hybridized carbons (Fsp3) is 0.562. The van der Waals surface area contributed by atoms with Crippen molar-refractivity contribution in [1.82, 2.24) is 14.5 Å². The molecule has 2 aromatic rings. The molecule has 2 aliphatic rings. The van der Waals surface area contributed by atoms with E-state index in [1.807, 2.05) is 30.1 Å². The van der Waals surface area contributed by atoms with Crippen molar-refractivity contribution in [2.24, 2.45) is 0 Å². The number of rotatable bonds is 3. The van der Waals surface area contributed by atoms with Gasteiger partial charge in [-0.05, 0) is 25.5 Å². The van der Waals surface area contributed by atoms with E-state index in [9.17, 15) is 0 Å². The quantitative estimate of drug-likeness (QED) is 0.873. The van der Waals surface area contributed by atoms with Crippen molar-refractivity contribution in [3.8, 4) is 0 Å². The lowest BCUT2D eigenvalue weighted by atomic mass is 9.97. The maximum atomic E-state index is 6.22. The second-order valence-corrected chi connectivity index (χ2v) is 7.71. The molecule has 0 radical (unpaired) electrons. The third kappa shape index (κ3) is 2.65. The molecule has 0 bridgehead atoms. The highest BCUT2D eigenvalue weighted by atomic mass is 32.1. The lowest BCUT2D eigenvalue weighted by Gasteiger charge is -2.23. The van der Waals surface area contributed by atoms with E-state index in [0.29, 0.717) is 6.04 Å². The minimum atomic E-state index is 0.0707. The molecule has 2 saturated heterocycles. The van der Waals surface area contributed by atoms with Gasteiger partial charge in [0.05, 0.1) is 24.6 Å². The van der Waals surface area contributed by atoms with Crippen molar-refractivity contribution in [1.29, 1.82) is 0 Å². The second kappa shape index (κ2) is 5.23. The van der Waals surface area contributed by atoms with Gasteiger partial charge in [-0.1, -0.05) is 0 Å². The Hall–Kier alpha value is -1.17. The predicted molar refractivity (Wildman–Crippen MR) is 83.5 cm³/mol. The van der Waals surface area contributed by atoms with Crippen LogP contribution < -0.4 is 0 Å². The van der Waals surface area contributed by atoms with Gasteiger partial charge in [0.25, 0.3) is 0 Å². The van der Waals surface area contributed by atoms with E-state index in [4.69, 9.17) is 4.74 Å². The summed E-state index contributed by atoms with van der Waals surface area (Å²) in [7, 11) is 0. The first kappa shape index (κ1) is 13.5. The Balaban J connectivity index is 1.40. The Labute approximate surface area is 129 Å². The Morgan fingerprint density at radius 2 is 2.43 bits per heavy atom. The van der Waals surface area contributed by atoms with Crippen molar-refractivity contribution in [3.05, 3.63) is 40.6 Å². The van der Waals surface area contributed by atoms with Crippen LogP contribution in [0.4, 0.5) is 0 Å². The van der Waals surface area contributed by atoms with Crippen LogP contribution in [0.1, 0.15) is 28.6 Å². The minimum absolute atomic E-state index is 0.0707. The summed E-state index contributed by atoms with van der Waals surface area (Å²) in [6.07, 6.45) is 8.08. The molecule has 4 rings (SSSR count). The van der Waals surface area contributed by atoms with Gasteiger partial charge in [-0.2, -0.15) is 0 Å². The molecule has 4 heterocycles. The smallest absolute Gasteiger partial charge is 0.0949 e. The molecule has 1 spiro atoms. The lowest BCUT2D eigenvalue weighted by molar-refractivity contribution is 0.0113. The first-order chi connectivity index (χ1) is 10.2. The zero-order valence-corrected chi connectivity index (χ0v) is 13.2. The van der Waals surface area contributed by atoms with Crippen molar-refractivity contribution in [2.75, 3.05) is 19.7 Å². The standard InChI is InChI=1S/C16H21N3OS/c1-13-2-3-15(21-13)9-18-6-4-16(11-18)8-14(10-20-16)19-7-5-17-12-19/h2-3,5,7,12,14H,4,6,8-11H2,1H3. The molecule has 4 nitrogen and oxygen atoms in total. The average molecular weight is 303 g/mol. The first-order valence-electron chi connectivity index (χ1n) is 7.62. The van der Waals surface area contributed by atoms with E-state index in [1.54, 1.807) is 0 Å². The van der Waals surface area contributed by atoms with E-state index in [-0.39, 0.29) is 5.60 Å². The molecule has 0 saturated carbocycles. The highest BCUT2D eigenvalue weighted by molar-refractivity contribution is 7.11. The molecule has 112 valence electrons. The molecule has 2 aliphatic heterocycles. The third-order valence-corrected chi connectivity index (χ3v) is 5.69. The molecule has 0 aliphatic carbocycles. The Morgan fingerprint density at radius 3 is 3.19 bits per heavy atom. The monoisotopic (exact) mass is 303 g/mol. The zero-order valence-electron chi connectivity index (χ0n) is 12.4. The lowest BCUT2D eigenvalue weighted by Crippen LogP contribution is -2.32. The van der Waals surface area contributed by atoms with Crippen LogP contribution in [0.5, 0.6) is 0 Å². The maximum Gasteiger partial charge on any atom is 0.0949 e. The highest BCUT2D eigenvalue weighted by Crippen LogP contribution is 2.40. The summed E-state index contributed by atoms with van der Waals surface area (Å²) >= 11 is 1.91. The third-order valence-electron chi connectivity index (χ3n) is 4.71. The minimum Gasteiger partial charge on any atom is -0.371 e. The zero-order chi connectivity index (χ0) is 14.3. The topological polar surface area (TPSA) is 30.3 Å². The van der Waals surface area contributed by atoms with Crippen LogP contribution in [0.3, 0.4) is 0 Å². The number of ether oxygens (including phenoxy) is 1. The number of hydrogen-bond acceptors (Lipinski definition) is 4. The SMILES string of the molecule is Cc1ccc(CN2CCC3(CC(n4ccnc4)CO3)C2)s1. The normalized spacial score (nSPS) is 29.7. The molecular weight excluding hydrogens is 282 g/mol. The molecule has 2 aromatic heterocycles. The molecular formula is C16H21N3OS. The van der Waals surface area contributed by atoms with Gasteiger partial charge < -0.3 is 9.30 Å². The van der Waals surface area contributed by atoms with Crippen molar-refractivity contribution in [3.63, 3.8) is 0 Å². The van der Waals surface area contributed by atoms with Crippen molar-refractivity contribution in [2.45, 2.75) is 38.0 Å². The molecule has 0 aromatic carbocycles. The summed E-state index contributed by atoms with van der Waals surface area (Å²) in [5.41, 5.74) is 0.0707. The molecule has 0 amide bonds. The molecule has 5 heteroatoms. The average Bonchev–Trinajstić information content (AvgIpc) is 3.21. The van der Waals surface area contributed by atoms with Gasteiger partial charge in [-0.3, -0.25) is 4.90 Å². The van der Waals surface area contributed by atoms with Crippen molar-refractivity contribution >= 4 is 11.3 Å². The van der Waals surface area contributed by atoms with Crippen LogP contribution in [0.2, 0.25) is 0 Å². The number of aryl methyl sites for hydroxylation is 1. The van der Waals surface area contributed by atoms with Gasteiger partial charge in [0.15, 0.2) is 0 Å². The Kier molecular flexibility index (Phi) is 3.36. The molecule has 2 fully saturated rings. The summed E-state index contributed by atoms with van der Waals surface area (Å²) < 4.78 is 8.42. The number of imidazole rings is 1. The van der Waals surface area contributed by atoms with Gasteiger partial charge in [-0.25, -0.2) is 4.98 Å². The van der Waals surface area contributed by atoms with E-state index < -0.39 is 0 Å². The number of thiophene rings is 1. The van der Waals surface area contributed by atoms with Crippen LogP contribution in [0.25, 0.3) is 0 Å². The first-order valence-corrected chi connectivity index (χ1v) is 8.43. The van der Waals surface area contributed by atoms with Crippen LogP contribution in [0.15, 0.2) is 30.9 Å². The number of likely N-dealkylation sites (tertiary alicyclic amines) is 1. The number of aromatic nitrogens is 2. The Bertz CT molecular complexity index is 609. The fourth-order valence-corrected chi connectivity index (χ4v) is 4.57. The summed E-state index contributed by atoms with van der Waals surface area (Å²) in [4.78, 5) is 9.56. The summed E-state index contributed by atoms with van der Waals surface area (Å²) in [5.74, 6) is 0.